The second-order valence-corrected chi connectivity index (χ2v) is 12.7. The van der Waals surface area contributed by atoms with Crippen LogP contribution in [0.3, 0.4) is 0 Å². The molecule has 5 rings (SSSR count). The quantitative estimate of drug-likeness (QED) is 0.162. The number of rotatable bonds is 9. The van der Waals surface area contributed by atoms with Gasteiger partial charge in [0, 0.05) is 15.7 Å². The number of hydrogen-bond acceptors (Lipinski definition) is 4. The van der Waals surface area contributed by atoms with Crippen molar-refractivity contribution in [3.63, 3.8) is 0 Å². The zero-order valence-corrected chi connectivity index (χ0v) is 25.8. The van der Waals surface area contributed by atoms with Gasteiger partial charge in [-0.3, -0.25) is 9.59 Å². The summed E-state index contributed by atoms with van der Waals surface area (Å²) in [5.74, 6) is -0.997. The van der Waals surface area contributed by atoms with E-state index in [4.69, 9.17) is 0 Å². The Morgan fingerprint density at radius 1 is 0.674 bits per heavy atom. The summed E-state index contributed by atoms with van der Waals surface area (Å²) >= 11 is 3.39. The summed E-state index contributed by atoms with van der Waals surface area (Å²) in [6, 6.07) is 39.2. The second kappa shape index (κ2) is 13.2. The van der Waals surface area contributed by atoms with Gasteiger partial charge in [0.15, 0.2) is 0 Å². The number of benzene rings is 5. The predicted octanol–water partition coefficient (Wildman–Crippen LogP) is 7.96. The molecule has 0 heterocycles. The third kappa shape index (κ3) is 6.77. The minimum atomic E-state index is -4.31. The lowest BCUT2D eigenvalue weighted by molar-refractivity contribution is -0.117. The van der Waals surface area contributed by atoms with Gasteiger partial charge in [0.2, 0.25) is 5.91 Å². The molecule has 0 saturated carbocycles. The summed E-state index contributed by atoms with van der Waals surface area (Å²) in [5, 5.41) is 0. The van der Waals surface area contributed by atoms with E-state index in [2.05, 4.69) is 15.9 Å². The third-order valence-electron chi connectivity index (χ3n) is 6.98. The maximum Gasteiger partial charge on any atom is 0.270 e. The van der Waals surface area contributed by atoms with Crippen molar-refractivity contribution in [2.75, 3.05) is 9.21 Å². The van der Waals surface area contributed by atoms with Gasteiger partial charge in [0.1, 0.15) is 0 Å². The van der Waals surface area contributed by atoms with Crippen LogP contribution in [0, 0.1) is 6.92 Å². The maximum atomic E-state index is 14.4. The molecular weight excluding hydrogens is 624 g/mol. The number of carbonyl (C=O) groups is 2. The average Bonchev–Trinajstić information content (AvgIpc) is 3.03. The third-order valence-corrected chi connectivity index (χ3v) is 9.28. The molecule has 0 saturated heterocycles. The molecule has 0 bridgehead atoms. The number of carbonyl (C=O) groups excluding carboxylic acids is 2. The van der Waals surface area contributed by atoms with Gasteiger partial charge in [-0.1, -0.05) is 100 Å². The van der Waals surface area contributed by atoms with Crippen LogP contribution in [0.1, 0.15) is 33.9 Å². The van der Waals surface area contributed by atoms with Crippen molar-refractivity contribution in [1.82, 2.24) is 0 Å². The summed E-state index contributed by atoms with van der Waals surface area (Å²) < 4.78 is 29.8. The van der Waals surface area contributed by atoms with Gasteiger partial charge in [-0.05, 0) is 73.2 Å². The lowest BCUT2D eigenvalue weighted by Gasteiger charge is -2.33. The van der Waals surface area contributed by atoms with E-state index in [0.29, 0.717) is 16.8 Å². The molecule has 0 aliphatic rings. The molecule has 2 amide bonds. The standard InChI is InChI=1S/C35H29BrN2O4S/c1-26-17-23-32(24-18-26)43(41,42)38(31-21-19-29(36)20-22-31)34(39)25-33(27-11-5-2-6-12-27)37(30-15-9-4-10-16-30)35(40)28-13-7-3-8-14-28/h2-24,33H,25H2,1H3. The second-order valence-electron chi connectivity index (χ2n) is 9.96. The molecule has 0 aliphatic heterocycles. The fourth-order valence-electron chi connectivity index (χ4n) is 4.84. The Hall–Kier alpha value is -4.53. The summed E-state index contributed by atoms with van der Waals surface area (Å²) in [5.41, 5.74) is 2.79. The van der Waals surface area contributed by atoms with E-state index in [0.717, 1.165) is 14.3 Å². The number of para-hydroxylation sites is 1. The van der Waals surface area contributed by atoms with E-state index in [-0.39, 0.29) is 22.9 Å². The highest BCUT2D eigenvalue weighted by molar-refractivity contribution is 9.10. The Morgan fingerprint density at radius 3 is 1.79 bits per heavy atom. The molecule has 0 radical (unpaired) electrons. The van der Waals surface area contributed by atoms with Crippen molar-refractivity contribution < 1.29 is 18.0 Å². The Kier molecular flexibility index (Phi) is 9.19. The monoisotopic (exact) mass is 652 g/mol. The van der Waals surface area contributed by atoms with Gasteiger partial charge in [-0.25, -0.2) is 12.7 Å². The van der Waals surface area contributed by atoms with Gasteiger partial charge in [0.25, 0.3) is 15.9 Å². The molecule has 0 N–H and O–H groups in total. The highest BCUT2D eigenvalue weighted by Gasteiger charge is 2.36. The van der Waals surface area contributed by atoms with Crippen molar-refractivity contribution in [1.29, 1.82) is 0 Å². The smallest absolute Gasteiger partial charge is 0.270 e. The van der Waals surface area contributed by atoms with Crippen LogP contribution in [0.25, 0.3) is 0 Å². The molecule has 5 aromatic carbocycles. The Labute approximate surface area is 260 Å². The topological polar surface area (TPSA) is 74.8 Å². The molecule has 0 aliphatic carbocycles. The number of hydrogen-bond donors (Lipinski definition) is 0. The van der Waals surface area contributed by atoms with Crippen molar-refractivity contribution >= 4 is 49.1 Å². The van der Waals surface area contributed by atoms with E-state index in [9.17, 15) is 18.0 Å². The number of nitrogens with zero attached hydrogens (tertiary/aromatic N) is 2. The van der Waals surface area contributed by atoms with Crippen LogP contribution in [-0.4, -0.2) is 20.2 Å². The van der Waals surface area contributed by atoms with Crippen molar-refractivity contribution in [2.45, 2.75) is 24.3 Å². The molecule has 43 heavy (non-hydrogen) atoms. The highest BCUT2D eigenvalue weighted by Crippen LogP contribution is 2.34. The van der Waals surface area contributed by atoms with E-state index in [1.54, 1.807) is 77.7 Å². The summed E-state index contributed by atoms with van der Waals surface area (Å²) in [7, 11) is -4.31. The van der Waals surface area contributed by atoms with Crippen LogP contribution in [0.2, 0.25) is 0 Å². The molecule has 216 valence electrons. The van der Waals surface area contributed by atoms with E-state index in [1.165, 1.54) is 12.1 Å². The van der Waals surface area contributed by atoms with Gasteiger partial charge >= 0.3 is 0 Å². The first-order valence-electron chi connectivity index (χ1n) is 13.6. The first-order chi connectivity index (χ1) is 20.8. The highest BCUT2D eigenvalue weighted by atomic mass is 79.9. The van der Waals surface area contributed by atoms with Crippen LogP contribution < -0.4 is 9.21 Å². The Morgan fingerprint density at radius 2 is 1.21 bits per heavy atom. The summed E-state index contributed by atoms with van der Waals surface area (Å²) in [6.45, 7) is 1.86. The number of sulfonamides is 1. The van der Waals surface area contributed by atoms with Crippen molar-refractivity contribution in [2.24, 2.45) is 0 Å². The van der Waals surface area contributed by atoms with Gasteiger partial charge in [0.05, 0.1) is 23.0 Å². The molecule has 5 aromatic rings. The molecule has 8 heteroatoms. The number of amides is 2. The minimum absolute atomic E-state index is 0.00842. The summed E-state index contributed by atoms with van der Waals surface area (Å²) in [6.07, 6.45) is -0.307. The van der Waals surface area contributed by atoms with E-state index < -0.39 is 22.0 Å². The SMILES string of the molecule is Cc1ccc(S(=O)(=O)N(C(=O)CC(c2ccccc2)N(C(=O)c2ccccc2)c2ccccc2)c2ccc(Br)cc2)cc1. The predicted molar refractivity (Wildman–Crippen MR) is 173 cm³/mol. The fourth-order valence-corrected chi connectivity index (χ4v) is 6.53. The lowest BCUT2D eigenvalue weighted by Crippen LogP contribution is -2.42. The molecule has 1 atom stereocenters. The van der Waals surface area contributed by atoms with Gasteiger partial charge < -0.3 is 4.90 Å². The first-order valence-corrected chi connectivity index (χ1v) is 15.9. The first kappa shape index (κ1) is 29.9. The van der Waals surface area contributed by atoms with Crippen LogP contribution >= 0.6 is 15.9 Å². The zero-order chi connectivity index (χ0) is 30.4. The van der Waals surface area contributed by atoms with Crippen LogP contribution in [-0.2, 0) is 14.8 Å². The molecule has 0 fully saturated rings. The van der Waals surface area contributed by atoms with Crippen LogP contribution in [0.4, 0.5) is 11.4 Å². The van der Waals surface area contributed by atoms with Crippen molar-refractivity contribution in [3.05, 3.63) is 161 Å². The number of aryl methyl sites for hydroxylation is 1. The maximum absolute atomic E-state index is 14.4. The van der Waals surface area contributed by atoms with Crippen LogP contribution in [0.15, 0.2) is 149 Å². The number of halogens is 1. The molecule has 6 nitrogen and oxygen atoms in total. The van der Waals surface area contributed by atoms with Crippen LogP contribution in [0.5, 0.6) is 0 Å². The van der Waals surface area contributed by atoms with E-state index >= 15 is 0 Å². The van der Waals surface area contributed by atoms with E-state index in [1.807, 2.05) is 61.5 Å². The normalized spacial score (nSPS) is 11.9. The largest absolute Gasteiger partial charge is 0.300 e. The van der Waals surface area contributed by atoms with Gasteiger partial charge in [-0.2, -0.15) is 0 Å². The number of anilines is 2. The Balaban J connectivity index is 1.64. The van der Waals surface area contributed by atoms with Crippen molar-refractivity contribution in [3.8, 4) is 0 Å². The van der Waals surface area contributed by atoms with Gasteiger partial charge in [-0.15, -0.1) is 0 Å². The zero-order valence-electron chi connectivity index (χ0n) is 23.4. The fraction of sp³-hybridized carbons (Fsp3) is 0.0857. The minimum Gasteiger partial charge on any atom is -0.300 e. The summed E-state index contributed by atoms with van der Waals surface area (Å²) in [4.78, 5) is 30.1. The molecular formula is C35H29BrN2O4S. The molecule has 0 spiro atoms. The molecule has 1 unspecified atom stereocenters. The lowest BCUT2D eigenvalue weighted by atomic mass is 9.99. The average molecular weight is 654 g/mol. The Bertz CT molecular complexity index is 1800. The molecule has 0 aromatic heterocycles.